The Labute approximate surface area is 251 Å². The molecule has 2 aliphatic heterocycles. The fraction of sp³-hybridized carbons (Fsp3) is 0.344. The third-order valence-corrected chi connectivity index (χ3v) is 10.6. The molecule has 43 heavy (non-hydrogen) atoms. The summed E-state index contributed by atoms with van der Waals surface area (Å²) in [7, 11) is -3.34. The van der Waals surface area contributed by atoms with Gasteiger partial charge in [0.25, 0.3) is 5.91 Å². The molecular weight excluding hydrogens is 564 g/mol. The molecule has 1 unspecified atom stereocenters. The molecular formula is C32H32N6O4S. The van der Waals surface area contributed by atoms with Gasteiger partial charge in [-0.25, -0.2) is 12.7 Å². The molecule has 10 nitrogen and oxygen atoms in total. The number of hydrogen-bond donors (Lipinski definition) is 1. The number of benzene rings is 1. The Morgan fingerprint density at radius 3 is 2.07 bits per heavy atom. The number of ketones is 1. The summed E-state index contributed by atoms with van der Waals surface area (Å²) in [5.41, 5.74) is 1.58. The Balaban J connectivity index is 1.37. The van der Waals surface area contributed by atoms with E-state index in [4.69, 9.17) is 5.26 Å². The molecule has 1 N–H and O–H groups in total. The largest absolute Gasteiger partial charge is 0.357 e. The van der Waals surface area contributed by atoms with E-state index in [9.17, 15) is 18.0 Å². The zero-order valence-electron chi connectivity index (χ0n) is 23.8. The van der Waals surface area contributed by atoms with Crippen LogP contribution < -0.4 is 5.32 Å². The molecule has 3 aromatic rings. The monoisotopic (exact) mass is 596 g/mol. The van der Waals surface area contributed by atoms with Gasteiger partial charge in [0.2, 0.25) is 10.0 Å². The van der Waals surface area contributed by atoms with E-state index in [-0.39, 0.29) is 35.3 Å². The smallest absolute Gasteiger partial charge is 0.254 e. The van der Waals surface area contributed by atoms with Gasteiger partial charge in [-0.05, 0) is 66.1 Å². The number of nitrogens with zero attached hydrogens (tertiary/aromatic N) is 5. The lowest BCUT2D eigenvalue weighted by atomic mass is 9.85. The number of amides is 1. The van der Waals surface area contributed by atoms with E-state index in [1.807, 2.05) is 31.2 Å². The predicted molar refractivity (Wildman–Crippen MR) is 159 cm³/mol. The van der Waals surface area contributed by atoms with Gasteiger partial charge in [0.05, 0.1) is 17.4 Å². The molecule has 2 aromatic heterocycles. The number of allylic oxidation sites excluding steroid dienone is 1. The predicted octanol–water partition coefficient (Wildman–Crippen LogP) is 2.70. The molecule has 1 aliphatic carbocycles. The van der Waals surface area contributed by atoms with Crippen molar-refractivity contribution in [3.05, 3.63) is 107 Å². The summed E-state index contributed by atoms with van der Waals surface area (Å²) in [5.74, 6) is 0.0393. The first-order valence-electron chi connectivity index (χ1n) is 14.4. The zero-order chi connectivity index (χ0) is 30.2. The number of nitrogens with one attached hydrogen (secondary N) is 1. The standard InChI is InChI=1S/C32H32N6O4S/c1-2-15-43(41,42)37-20-26-27(21-37)30(26)38-29(16-28(39)25-5-3-24(19-33)4-6-25)36-32(31(38)40,17-22-7-11-34-12-8-22)18-23-9-13-35-14-10-23/h3-14,16,26-27,30,36H,2,15,17-18,20-21H2,1H3/b29-16+/t26-,27+,30?. The first kappa shape index (κ1) is 28.7. The van der Waals surface area contributed by atoms with Gasteiger partial charge in [0.1, 0.15) is 11.4 Å². The Morgan fingerprint density at radius 2 is 1.56 bits per heavy atom. The number of hydrogen-bond acceptors (Lipinski definition) is 8. The van der Waals surface area contributed by atoms with Crippen molar-refractivity contribution >= 4 is 21.7 Å². The van der Waals surface area contributed by atoms with Crippen LogP contribution in [-0.4, -0.2) is 69.7 Å². The second kappa shape index (κ2) is 11.4. The second-order valence-electron chi connectivity index (χ2n) is 11.5. The van der Waals surface area contributed by atoms with Crippen molar-refractivity contribution in [3.63, 3.8) is 0 Å². The van der Waals surface area contributed by atoms with E-state index in [1.165, 1.54) is 6.08 Å². The number of piperidine rings is 1. The molecule has 11 heteroatoms. The topological polar surface area (TPSA) is 136 Å². The Hall–Kier alpha value is -4.40. The molecule has 1 amide bonds. The van der Waals surface area contributed by atoms with Crippen LogP contribution in [0.5, 0.6) is 0 Å². The minimum atomic E-state index is -3.34. The summed E-state index contributed by atoms with van der Waals surface area (Å²) in [6, 6.07) is 15.7. The van der Waals surface area contributed by atoms with Crippen LogP contribution in [-0.2, 0) is 27.7 Å². The lowest BCUT2D eigenvalue weighted by Crippen LogP contribution is -2.51. The number of aromatic nitrogens is 2. The summed E-state index contributed by atoms with van der Waals surface area (Å²) < 4.78 is 27.1. The Kier molecular flexibility index (Phi) is 7.58. The maximum atomic E-state index is 14.7. The maximum absolute atomic E-state index is 14.7. The normalized spacial score (nSPS) is 23.5. The van der Waals surface area contributed by atoms with Crippen molar-refractivity contribution in [3.8, 4) is 6.07 Å². The fourth-order valence-corrected chi connectivity index (χ4v) is 8.04. The zero-order valence-corrected chi connectivity index (χ0v) is 24.6. The van der Waals surface area contributed by atoms with Crippen molar-refractivity contribution in [2.45, 2.75) is 37.8 Å². The molecule has 220 valence electrons. The van der Waals surface area contributed by atoms with Crippen LogP contribution in [0, 0.1) is 23.2 Å². The van der Waals surface area contributed by atoms with Crippen LogP contribution in [0.25, 0.3) is 0 Å². The van der Waals surface area contributed by atoms with E-state index in [0.717, 1.165) is 11.1 Å². The minimum absolute atomic E-state index is 0.0107. The van der Waals surface area contributed by atoms with Crippen LogP contribution in [0.2, 0.25) is 0 Å². The number of sulfonamides is 1. The van der Waals surface area contributed by atoms with Crippen molar-refractivity contribution < 1.29 is 18.0 Å². The molecule has 0 spiro atoms. The van der Waals surface area contributed by atoms with Gasteiger partial charge in [0.15, 0.2) is 5.78 Å². The number of pyridine rings is 2. The molecule has 4 heterocycles. The number of rotatable bonds is 10. The third-order valence-electron chi connectivity index (χ3n) is 8.60. The summed E-state index contributed by atoms with van der Waals surface area (Å²) >= 11 is 0. The van der Waals surface area contributed by atoms with E-state index in [2.05, 4.69) is 21.4 Å². The van der Waals surface area contributed by atoms with Gasteiger partial charge >= 0.3 is 0 Å². The fourth-order valence-electron chi connectivity index (χ4n) is 6.47. The van der Waals surface area contributed by atoms with Crippen molar-refractivity contribution in [1.29, 1.82) is 5.26 Å². The highest BCUT2D eigenvalue weighted by atomic mass is 32.2. The first-order valence-corrected chi connectivity index (χ1v) is 16.0. The molecule has 3 atom stereocenters. The first-order chi connectivity index (χ1) is 20.7. The quantitative estimate of drug-likeness (QED) is 0.279. The maximum Gasteiger partial charge on any atom is 0.254 e. The van der Waals surface area contributed by atoms with Gasteiger partial charge in [-0.2, -0.15) is 5.26 Å². The second-order valence-corrected chi connectivity index (χ2v) is 13.6. The average molecular weight is 597 g/mol. The molecule has 0 radical (unpaired) electrons. The summed E-state index contributed by atoms with van der Waals surface area (Å²) in [6.07, 6.45) is 9.47. The van der Waals surface area contributed by atoms with Gasteiger partial charge in [-0.3, -0.25) is 24.5 Å². The van der Waals surface area contributed by atoms with Crippen molar-refractivity contribution in [1.82, 2.24) is 24.5 Å². The molecule has 3 fully saturated rings. The summed E-state index contributed by atoms with van der Waals surface area (Å²) in [6.45, 7) is 2.57. The van der Waals surface area contributed by atoms with Crippen LogP contribution >= 0.6 is 0 Å². The third kappa shape index (κ3) is 5.56. The summed E-state index contributed by atoms with van der Waals surface area (Å²) in [5, 5.41) is 12.6. The van der Waals surface area contributed by atoms with Gasteiger partial charge in [-0.1, -0.05) is 6.92 Å². The van der Waals surface area contributed by atoms with E-state index in [0.29, 0.717) is 49.3 Å². The highest BCUT2D eigenvalue weighted by Gasteiger charge is 2.65. The van der Waals surface area contributed by atoms with E-state index < -0.39 is 15.6 Å². The Bertz CT molecular complexity index is 1650. The lowest BCUT2D eigenvalue weighted by Gasteiger charge is -2.28. The Morgan fingerprint density at radius 1 is 1.00 bits per heavy atom. The SMILES string of the molecule is CCCS(=O)(=O)N1C[C@@H]2C(N3C(=O)C(Cc4ccncc4)(Cc4ccncc4)N/C3=C\C(=O)c3ccc(C#N)cc3)[C@@H]2C1. The molecule has 0 bridgehead atoms. The van der Waals surface area contributed by atoms with Gasteiger partial charge in [-0.15, -0.1) is 0 Å². The van der Waals surface area contributed by atoms with Gasteiger partial charge < -0.3 is 5.32 Å². The lowest BCUT2D eigenvalue weighted by molar-refractivity contribution is -0.132. The van der Waals surface area contributed by atoms with Crippen molar-refractivity contribution in [2.75, 3.05) is 18.8 Å². The number of fused-ring (bicyclic) bond motifs is 1. The number of nitriles is 1. The molecule has 1 saturated carbocycles. The summed E-state index contributed by atoms with van der Waals surface area (Å²) in [4.78, 5) is 38.1. The molecule has 2 saturated heterocycles. The van der Waals surface area contributed by atoms with Crippen LogP contribution in [0.1, 0.15) is 40.4 Å². The number of carbonyl (C=O) groups excluding carboxylic acids is 2. The van der Waals surface area contributed by atoms with Crippen LogP contribution in [0.15, 0.2) is 85.2 Å². The highest BCUT2D eigenvalue weighted by molar-refractivity contribution is 7.89. The van der Waals surface area contributed by atoms with E-state index >= 15 is 0 Å². The highest BCUT2D eigenvalue weighted by Crippen LogP contribution is 2.52. The molecule has 3 aliphatic rings. The van der Waals surface area contributed by atoms with Gasteiger partial charge in [0, 0.05) is 80.2 Å². The molecule has 1 aromatic carbocycles. The van der Waals surface area contributed by atoms with Crippen LogP contribution in [0.4, 0.5) is 0 Å². The number of carbonyl (C=O) groups is 2. The average Bonchev–Trinajstić information content (AvgIpc) is 3.34. The van der Waals surface area contributed by atoms with Crippen molar-refractivity contribution in [2.24, 2.45) is 11.8 Å². The van der Waals surface area contributed by atoms with E-state index in [1.54, 1.807) is 58.3 Å². The van der Waals surface area contributed by atoms with Crippen LogP contribution in [0.3, 0.4) is 0 Å². The molecule has 6 rings (SSSR count). The minimum Gasteiger partial charge on any atom is -0.357 e.